The van der Waals surface area contributed by atoms with Gasteiger partial charge in [-0.15, -0.1) is 0 Å². The molecule has 76 valence electrons. The van der Waals surface area contributed by atoms with Gasteiger partial charge >= 0.3 is 0 Å². The van der Waals surface area contributed by atoms with Crippen molar-refractivity contribution >= 4 is 33.6 Å². The first-order chi connectivity index (χ1) is 6.69. The van der Waals surface area contributed by atoms with Crippen molar-refractivity contribution in [3.8, 4) is 5.75 Å². The number of halogens is 2. The largest absolute Gasteiger partial charge is 0.495 e. The lowest BCUT2D eigenvalue weighted by molar-refractivity contribution is 0.414. The van der Waals surface area contributed by atoms with Crippen molar-refractivity contribution in [1.29, 1.82) is 0 Å². The van der Waals surface area contributed by atoms with Crippen molar-refractivity contribution in [1.82, 2.24) is 0 Å². The minimum absolute atomic E-state index is 0.493. The minimum atomic E-state index is 0.493. The molecule has 2 N–H and O–H groups in total. The molecule has 0 aliphatic rings. The Bertz CT molecular complexity index is 352. The summed E-state index contributed by atoms with van der Waals surface area (Å²) in [5.74, 6) is 0.666. The van der Waals surface area contributed by atoms with Gasteiger partial charge < -0.3 is 10.5 Å². The summed E-state index contributed by atoms with van der Waals surface area (Å²) in [7, 11) is 1.59. The van der Waals surface area contributed by atoms with E-state index in [0.29, 0.717) is 17.3 Å². The number of hydrogen-bond acceptors (Lipinski definition) is 2. The zero-order valence-corrected chi connectivity index (χ0v) is 10.1. The van der Waals surface area contributed by atoms with Gasteiger partial charge in [-0.2, -0.15) is 0 Å². The third-order valence-electron chi connectivity index (χ3n) is 1.67. The molecule has 0 aliphatic carbocycles. The Balaban J connectivity index is 3.18. The smallest absolute Gasteiger partial charge is 0.144 e. The SMILES string of the molecule is COc1c(Cl)cc(Br)cc1/C=C/CN. The van der Waals surface area contributed by atoms with E-state index in [-0.39, 0.29) is 0 Å². The van der Waals surface area contributed by atoms with Crippen LogP contribution in [0.4, 0.5) is 0 Å². The molecular weight excluding hydrogens is 265 g/mol. The van der Waals surface area contributed by atoms with Crippen molar-refractivity contribution in [2.45, 2.75) is 0 Å². The highest BCUT2D eigenvalue weighted by Crippen LogP contribution is 2.32. The van der Waals surface area contributed by atoms with Gasteiger partial charge in [0.25, 0.3) is 0 Å². The summed E-state index contributed by atoms with van der Waals surface area (Å²) in [6.45, 7) is 0.493. The number of benzene rings is 1. The predicted octanol–water partition coefficient (Wildman–Crippen LogP) is 3.08. The van der Waals surface area contributed by atoms with Gasteiger partial charge in [0.15, 0.2) is 0 Å². The third-order valence-corrected chi connectivity index (χ3v) is 2.41. The highest BCUT2D eigenvalue weighted by molar-refractivity contribution is 9.10. The van der Waals surface area contributed by atoms with Gasteiger partial charge in [0.2, 0.25) is 0 Å². The monoisotopic (exact) mass is 275 g/mol. The molecular formula is C10H11BrClNO. The molecule has 0 fully saturated rings. The van der Waals surface area contributed by atoms with E-state index in [4.69, 9.17) is 22.1 Å². The van der Waals surface area contributed by atoms with Gasteiger partial charge in [0, 0.05) is 16.6 Å². The fraction of sp³-hybridized carbons (Fsp3) is 0.200. The highest BCUT2D eigenvalue weighted by Gasteiger charge is 2.06. The van der Waals surface area contributed by atoms with Crippen LogP contribution >= 0.6 is 27.5 Å². The highest BCUT2D eigenvalue weighted by atomic mass is 79.9. The van der Waals surface area contributed by atoms with E-state index in [1.807, 2.05) is 18.2 Å². The molecule has 0 spiro atoms. The van der Waals surface area contributed by atoms with Gasteiger partial charge in [-0.1, -0.05) is 39.7 Å². The second kappa shape index (κ2) is 5.39. The van der Waals surface area contributed by atoms with E-state index in [9.17, 15) is 0 Å². The molecule has 0 radical (unpaired) electrons. The van der Waals surface area contributed by atoms with E-state index >= 15 is 0 Å². The Morgan fingerprint density at radius 3 is 2.86 bits per heavy atom. The molecule has 0 aliphatic heterocycles. The van der Waals surface area contributed by atoms with Gasteiger partial charge in [-0.05, 0) is 12.1 Å². The predicted molar refractivity (Wildman–Crippen MR) is 63.8 cm³/mol. The molecule has 1 aromatic carbocycles. The molecule has 14 heavy (non-hydrogen) atoms. The van der Waals surface area contributed by atoms with E-state index in [2.05, 4.69) is 15.9 Å². The lowest BCUT2D eigenvalue weighted by Crippen LogP contribution is -1.93. The Kier molecular flexibility index (Phi) is 4.45. The van der Waals surface area contributed by atoms with Crippen LogP contribution in [0.5, 0.6) is 5.75 Å². The number of methoxy groups -OCH3 is 1. The second-order valence-corrected chi connectivity index (χ2v) is 3.97. The summed E-state index contributed by atoms with van der Waals surface area (Å²) < 4.78 is 6.10. The molecule has 0 saturated heterocycles. The first-order valence-corrected chi connectivity index (χ1v) is 5.25. The summed E-state index contributed by atoms with van der Waals surface area (Å²) in [5.41, 5.74) is 6.29. The number of rotatable bonds is 3. The lowest BCUT2D eigenvalue weighted by Gasteiger charge is -2.07. The molecule has 0 unspecified atom stereocenters. The molecule has 0 bridgehead atoms. The summed E-state index contributed by atoms with van der Waals surface area (Å²) >= 11 is 9.36. The van der Waals surface area contributed by atoms with Crippen LogP contribution in [0, 0.1) is 0 Å². The Morgan fingerprint density at radius 2 is 2.29 bits per heavy atom. The molecule has 4 heteroatoms. The van der Waals surface area contributed by atoms with Crippen LogP contribution in [-0.4, -0.2) is 13.7 Å². The third kappa shape index (κ3) is 2.74. The number of hydrogen-bond donors (Lipinski definition) is 1. The summed E-state index contributed by atoms with van der Waals surface area (Å²) in [6.07, 6.45) is 3.73. The molecule has 0 saturated carbocycles. The van der Waals surface area contributed by atoms with E-state index in [1.54, 1.807) is 13.2 Å². The molecule has 1 aromatic rings. The van der Waals surface area contributed by atoms with E-state index < -0.39 is 0 Å². The molecule has 0 aromatic heterocycles. The number of nitrogens with two attached hydrogens (primary N) is 1. The quantitative estimate of drug-likeness (QED) is 0.921. The maximum absolute atomic E-state index is 5.99. The van der Waals surface area contributed by atoms with E-state index in [0.717, 1.165) is 10.0 Å². The van der Waals surface area contributed by atoms with Gasteiger partial charge in [0.05, 0.1) is 12.1 Å². The van der Waals surface area contributed by atoms with Gasteiger partial charge in [-0.25, -0.2) is 0 Å². The fourth-order valence-electron chi connectivity index (χ4n) is 1.11. The standard InChI is InChI=1S/C10H11BrClNO/c1-14-10-7(3-2-4-13)5-8(11)6-9(10)12/h2-3,5-6H,4,13H2,1H3/b3-2+. The average Bonchev–Trinajstić information content (AvgIpc) is 2.14. The van der Waals surface area contributed by atoms with Crippen molar-refractivity contribution in [2.75, 3.05) is 13.7 Å². The average molecular weight is 277 g/mol. The molecule has 2 nitrogen and oxygen atoms in total. The molecule has 0 amide bonds. The van der Waals surface area contributed by atoms with Crippen molar-refractivity contribution < 1.29 is 4.74 Å². The normalized spacial score (nSPS) is 10.9. The van der Waals surface area contributed by atoms with Crippen molar-refractivity contribution in [3.05, 3.63) is 33.3 Å². The zero-order chi connectivity index (χ0) is 10.6. The van der Waals surface area contributed by atoms with Crippen LogP contribution in [-0.2, 0) is 0 Å². The maximum atomic E-state index is 5.99. The zero-order valence-electron chi connectivity index (χ0n) is 7.76. The topological polar surface area (TPSA) is 35.2 Å². The molecule has 0 heterocycles. The van der Waals surface area contributed by atoms with Gasteiger partial charge in [0.1, 0.15) is 5.75 Å². The van der Waals surface area contributed by atoms with Crippen LogP contribution in [0.25, 0.3) is 6.08 Å². The van der Waals surface area contributed by atoms with Gasteiger partial charge in [-0.3, -0.25) is 0 Å². The maximum Gasteiger partial charge on any atom is 0.144 e. The van der Waals surface area contributed by atoms with Crippen molar-refractivity contribution in [3.63, 3.8) is 0 Å². The summed E-state index contributed by atoms with van der Waals surface area (Å²) in [6, 6.07) is 3.72. The first kappa shape index (κ1) is 11.6. The van der Waals surface area contributed by atoms with Crippen LogP contribution in [0.3, 0.4) is 0 Å². The fourth-order valence-corrected chi connectivity index (χ4v) is 2.03. The van der Waals surface area contributed by atoms with Crippen LogP contribution < -0.4 is 10.5 Å². The summed E-state index contributed by atoms with van der Waals surface area (Å²) in [5, 5.41) is 0.582. The molecule has 1 rings (SSSR count). The van der Waals surface area contributed by atoms with Crippen molar-refractivity contribution in [2.24, 2.45) is 5.73 Å². The number of ether oxygens (including phenoxy) is 1. The Hall–Kier alpha value is -0.510. The van der Waals surface area contributed by atoms with Crippen LogP contribution in [0.2, 0.25) is 5.02 Å². The Labute approximate surface area is 96.8 Å². The summed E-state index contributed by atoms with van der Waals surface area (Å²) in [4.78, 5) is 0. The second-order valence-electron chi connectivity index (χ2n) is 2.65. The Morgan fingerprint density at radius 1 is 1.57 bits per heavy atom. The minimum Gasteiger partial charge on any atom is -0.495 e. The van der Waals surface area contributed by atoms with Crippen LogP contribution in [0.15, 0.2) is 22.7 Å². The lowest BCUT2D eigenvalue weighted by atomic mass is 10.2. The first-order valence-electron chi connectivity index (χ1n) is 4.08. The molecule has 0 atom stereocenters. The van der Waals surface area contributed by atoms with E-state index in [1.165, 1.54) is 0 Å². The van der Waals surface area contributed by atoms with Crippen LogP contribution in [0.1, 0.15) is 5.56 Å².